The topological polar surface area (TPSA) is 74.3 Å². The summed E-state index contributed by atoms with van der Waals surface area (Å²) >= 11 is 0. The minimum atomic E-state index is -0.659. The van der Waals surface area contributed by atoms with Crippen LogP contribution in [0, 0.1) is 11.8 Å². The van der Waals surface area contributed by atoms with E-state index < -0.39 is 6.10 Å². The zero-order valence-corrected chi connectivity index (χ0v) is 15.6. The smallest absolute Gasteiger partial charge is 0.256 e. The second kappa shape index (κ2) is 8.61. The molecule has 3 rings (SSSR count). The van der Waals surface area contributed by atoms with Crippen LogP contribution in [-0.2, 0) is 4.79 Å². The molecule has 5 nitrogen and oxygen atoms in total. The second-order valence-electron chi connectivity index (χ2n) is 6.48. The molecule has 0 saturated carbocycles. The number of nitrogens with one attached hydrogen (secondary N) is 2. The normalized spacial score (nSPS) is 15.1. The third kappa shape index (κ3) is 4.24. The molecule has 1 aliphatic rings. The van der Waals surface area contributed by atoms with E-state index in [1.54, 1.807) is 25.4 Å². The third-order valence-electron chi connectivity index (χ3n) is 4.53. The van der Waals surface area contributed by atoms with Gasteiger partial charge in [-0.05, 0) is 37.1 Å². The molecular formula is C22H24N2O3. The number of aromatic amines is 1. The molecule has 27 heavy (non-hydrogen) atoms. The number of unbranched alkanes of at least 4 members (excludes halogenated alkanes) is 2. The molecule has 5 heteroatoms. The molecule has 1 unspecified atom stereocenters. The highest BCUT2D eigenvalue weighted by Crippen LogP contribution is 2.36. The van der Waals surface area contributed by atoms with E-state index in [2.05, 4.69) is 29.1 Å². The van der Waals surface area contributed by atoms with Crippen molar-refractivity contribution in [1.82, 2.24) is 4.98 Å². The van der Waals surface area contributed by atoms with Crippen molar-refractivity contribution in [1.29, 1.82) is 0 Å². The molecule has 0 aliphatic carbocycles. The fourth-order valence-corrected chi connectivity index (χ4v) is 3.12. The molecule has 2 aromatic rings. The number of rotatable bonds is 6. The standard InChI is InChI=1S/C22H24N2O3/c1-3-4-5-8-16(25)11-10-15-7-6-9-18-21(15)17(22(26)24-18)14-19-20(27-2)12-13-23-19/h6-7,9,12-14,16,23,25H,3-5,8H2,1-2H3,(H,24,26). The number of amides is 1. The maximum Gasteiger partial charge on any atom is 0.256 e. The summed E-state index contributed by atoms with van der Waals surface area (Å²) in [6, 6.07) is 7.37. The molecule has 0 saturated heterocycles. The van der Waals surface area contributed by atoms with Gasteiger partial charge in [0, 0.05) is 17.3 Å². The van der Waals surface area contributed by atoms with Gasteiger partial charge in [0.2, 0.25) is 0 Å². The van der Waals surface area contributed by atoms with Gasteiger partial charge in [-0.25, -0.2) is 0 Å². The molecule has 1 aromatic heterocycles. The number of carbonyl (C=O) groups is 1. The molecular weight excluding hydrogens is 340 g/mol. The Morgan fingerprint density at radius 3 is 2.93 bits per heavy atom. The minimum Gasteiger partial charge on any atom is -0.495 e. The number of benzene rings is 1. The summed E-state index contributed by atoms with van der Waals surface area (Å²) in [4.78, 5) is 15.6. The predicted octanol–water partition coefficient (Wildman–Crippen LogP) is 3.81. The Morgan fingerprint density at radius 1 is 1.30 bits per heavy atom. The third-order valence-corrected chi connectivity index (χ3v) is 4.53. The summed E-state index contributed by atoms with van der Waals surface area (Å²) in [6.07, 6.45) is 6.68. The lowest BCUT2D eigenvalue weighted by Gasteiger charge is -2.04. The number of aliphatic hydroxyl groups excluding tert-OH is 1. The first-order valence-corrected chi connectivity index (χ1v) is 9.21. The number of ether oxygens (including phenoxy) is 1. The number of hydrogen-bond acceptors (Lipinski definition) is 3. The maximum atomic E-state index is 12.5. The van der Waals surface area contributed by atoms with Gasteiger partial charge in [-0.2, -0.15) is 0 Å². The molecule has 2 heterocycles. The summed E-state index contributed by atoms with van der Waals surface area (Å²) in [5, 5.41) is 13.0. The van der Waals surface area contributed by atoms with Crippen LogP contribution in [-0.4, -0.2) is 29.2 Å². The summed E-state index contributed by atoms with van der Waals surface area (Å²) in [5.41, 5.74) is 3.45. The molecule has 0 spiro atoms. The highest BCUT2D eigenvalue weighted by atomic mass is 16.5. The van der Waals surface area contributed by atoms with Crippen LogP contribution in [0.25, 0.3) is 11.6 Å². The Kier molecular flexibility index (Phi) is 6.00. The molecule has 1 amide bonds. The van der Waals surface area contributed by atoms with Crippen LogP contribution in [0.3, 0.4) is 0 Å². The maximum absolute atomic E-state index is 12.5. The molecule has 140 valence electrons. The summed E-state index contributed by atoms with van der Waals surface area (Å²) < 4.78 is 5.31. The van der Waals surface area contributed by atoms with Crippen molar-refractivity contribution >= 4 is 23.2 Å². The largest absolute Gasteiger partial charge is 0.495 e. The van der Waals surface area contributed by atoms with Crippen molar-refractivity contribution in [3.63, 3.8) is 0 Å². The monoisotopic (exact) mass is 364 g/mol. The molecule has 3 N–H and O–H groups in total. The predicted molar refractivity (Wildman–Crippen MR) is 107 cm³/mol. The van der Waals surface area contributed by atoms with Crippen molar-refractivity contribution in [2.24, 2.45) is 0 Å². The van der Waals surface area contributed by atoms with E-state index in [0.29, 0.717) is 17.7 Å². The Balaban J connectivity index is 1.93. The number of hydrogen-bond donors (Lipinski definition) is 3. The van der Waals surface area contributed by atoms with Gasteiger partial charge >= 0.3 is 0 Å². The van der Waals surface area contributed by atoms with E-state index >= 15 is 0 Å². The first-order valence-electron chi connectivity index (χ1n) is 9.21. The number of aliphatic hydroxyl groups is 1. The first-order chi connectivity index (χ1) is 13.1. The highest BCUT2D eigenvalue weighted by molar-refractivity contribution is 6.35. The van der Waals surface area contributed by atoms with Gasteiger partial charge in [-0.3, -0.25) is 4.79 Å². The Morgan fingerprint density at radius 2 is 2.15 bits per heavy atom. The van der Waals surface area contributed by atoms with Crippen molar-refractivity contribution in [2.45, 2.75) is 38.7 Å². The van der Waals surface area contributed by atoms with Gasteiger partial charge in [-0.1, -0.05) is 37.7 Å². The first kappa shape index (κ1) is 18.8. The lowest BCUT2D eigenvalue weighted by Crippen LogP contribution is -2.04. The number of carbonyl (C=O) groups excluding carboxylic acids is 1. The fourth-order valence-electron chi connectivity index (χ4n) is 3.12. The quantitative estimate of drug-likeness (QED) is 0.414. The summed E-state index contributed by atoms with van der Waals surface area (Å²) in [5.74, 6) is 6.45. The van der Waals surface area contributed by atoms with Gasteiger partial charge in [-0.15, -0.1) is 0 Å². The van der Waals surface area contributed by atoms with Gasteiger partial charge < -0.3 is 20.1 Å². The Labute approximate surface area is 159 Å². The molecule has 0 radical (unpaired) electrons. The number of H-pyrrole nitrogens is 1. The van der Waals surface area contributed by atoms with E-state index in [1.807, 2.05) is 18.2 Å². The highest BCUT2D eigenvalue weighted by Gasteiger charge is 2.27. The Hall–Kier alpha value is -2.97. The van der Waals surface area contributed by atoms with Gasteiger partial charge in [0.05, 0.1) is 24.1 Å². The summed E-state index contributed by atoms with van der Waals surface area (Å²) in [7, 11) is 1.59. The molecule has 0 fully saturated rings. The van der Waals surface area contributed by atoms with Crippen molar-refractivity contribution in [3.8, 4) is 17.6 Å². The van der Waals surface area contributed by atoms with Crippen LogP contribution in [0.4, 0.5) is 5.69 Å². The lowest BCUT2D eigenvalue weighted by molar-refractivity contribution is -0.110. The Bertz CT molecular complexity index is 915. The molecule has 0 bridgehead atoms. The lowest BCUT2D eigenvalue weighted by atomic mass is 9.99. The zero-order valence-electron chi connectivity index (χ0n) is 15.6. The van der Waals surface area contributed by atoms with Crippen molar-refractivity contribution in [2.75, 3.05) is 12.4 Å². The molecule has 1 aliphatic heterocycles. The van der Waals surface area contributed by atoms with Crippen molar-refractivity contribution in [3.05, 3.63) is 47.3 Å². The van der Waals surface area contributed by atoms with E-state index in [-0.39, 0.29) is 5.91 Å². The fraction of sp³-hybridized carbons (Fsp3) is 0.318. The SMILES string of the molecule is CCCCCC(O)C#Cc1cccc2c1C(=Cc1[nH]ccc1OC)C(=O)N2. The van der Waals surface area contributed by atoms with Crippen LogP contribution in [0.5, 0.6) is 5.75 Å². The molecule has 1 atom stereocenters. The number of aromatic nitrogens is 1. The second-order valence-corrected chi connectivity index (χ2v) is 6.48. The number of methoxy groups -OCH3 is 1. The van der Waals surface area contributed by atoms with Gasteiger partial charge in [0.15, 0.2) is 0 Å². The average Bonchev–Trinajstić information content (AvgIpc) is 3.24. The van der Waals surface area contributed by atoms with E-state index in [1.165, 1.54) is 0 Å². The van der Waals surface area contributed by atoms with Gasteiger partial charge in [0.1, 0.15) is 11.9 Å². The average molecular weight is 364 g/mol. The van der Waals surface area contributed by atoms with Gasteiger partial charge in [0.25, 0.3) is 5.91 Å². The number of fused-ring (bicyclic) bond motifs is 1. The van der Waals surface area contributed by atoms with Crippen LogP contribution in [0.1, 0.15) is 49.4 Å². The minimum absolute atomic E-state index is 0.181. The van der Waals surface area contributed by atoms with Crippen LogP contribution in [0.2, 0.25) is 0 Å². The zero-order chi connectivity index (χ0) is 19.2. The summed E-state index contributed by atoms with van der Waals surface area (Å²) in [6.45, 7) is 2.13. The van der Waals surface area contributed by atoms with Crippen LogP contribution < -0.4 is 10.1 Å². The van der Waals surface area contributed by atoms with Crippen molar-refractivity contribution < 1.29 is 14.6 Å². The van der Waals surface area contributed by atoms with Crippen LogP contribution >= 0.6 is 0 Å². The molecule has 1 aromatic carbocycles. The van der Waals surface area contributed by atoms with E-state index in [4.69, 9.17) is 4.74 Å². The van der Waals surface area contributed by atoms with E-state index in [0.717, 1.165) is 41.8 Å². The number of anilines is 1. The van der Waals surface area contributed by atoms with Crippen LogP contribution in [0.15, 0.2) is 30.5 Å². The van der Waals surface area contributed by atoms with E-state index in [9.17, 15) is 9.90 Å².